The summed E-state index contributed by atoms with van der Waals surface area (Å²) in [5, 5.41) is 30.2. The van der Waals surface area contributed by atoms with Gasteiger partial charge in [0.15, 0.2) is 0 Å². The van der Waals surface area contributed by atoms with Crippen molar-refractivity contribution in [3.8, 4) is 6.07 Å². The molecular formula is C25H41NO2. The molecule has 10 atom stereocenters. The molecule has 4 rings (SSSR count). The van der Waals surface area contributed by atoms with Gasteiger partial charge in [0.05, 0.1) is 18.3 Å². The molecule has 0 bridgehead atoms. The molecule has 0 radical (unpaired) electrons. The minimum atomic E-state index is -0.226. The van der Waals surface area contributed by atoms with Gasteiger partial charge < -0.3 is 10.2 Å². The molecule has 0 heterocycles. The van der Waals surface area contributed by atoms with E-state index in [9.17, 15) is 10.2 Å². The highest BCUT2D eigenvalue weighted by Crippen LogP contribution is 2.68. The van der Waals surface area contributed by atoms with Crippen LogP contribution in [-0.4, -0.2) is 22.4 Å². The average molecular weight is 388 g/mol. The van der Waals surface area contributed by atoms with Crippen LogP contribution >= 0.6 is 0 Å². The Labute approximate surface area is 171 Å². The molecule has 0 amide bonds. The van der Waals surface area contributed by atoms with E-state index in [-0.39, 0.29) is 17.6 Å². The van der Waals surface area contributed by atoms with Gasteiger partial charge in [0.25, 0.3) is 0 Å². The summed E-state index contributed by atoms with van der Waals surface area (Å²) in [5.41, 5.74) is 0.643. The van der Waals surface area contributed by atoms with E-state index in [1.54, 1.807) is 0 Å². The normalized spacial score (nSPS) is 51.5. The van der Waals surface area contributed by atoms with Gasteiger partial charge in [-0.3, -0.25) is 0 Å². The average Bonchev–Trinajstić information content (AvgIpc) is 3.01. The van der Waals surface area contributed by atoms with E-state index < -0.39 is 0 Å². The standard InChI is InChI=1S/C25H41NO2/c1-16(6-4-5-13-26)19-7-8-20-18-15-23(28)22-14-17(27)9-11-25(22,3)21(18)10-12-24(19,20)2/h16-23,27-28H,4-12,14-15H2,1-3H3/t16-,17-,18+,19-,20+,21+,22+,23+,24-,25-/m1/s1. The maximum Gasteiger partial charge on any atom is 0.0621 e. The van der Waals surface area contributed by atoms with Gasteiger partial charge in [0.1, 0.15) is 0 Å². The van der Waals surface area contributed by atoms with Crippen molar-refractivity contribution in [1.29, 1.82) is 5.26 Å². The number of aliphatic hydroxyl groups is 2. The molecule has 0 unspecified atom stereocenters. The van der Waals surface area contributed by atoms with Crippen LogP contribution < -0.4 is 0 Å². The lowest BCUT2D eigenvalue weighted by atomic mass is 9.44. The summed E-state index contributed by atoms with van der Waals surface area (Å²) in [7, 11) is 0. The first-order valence-corrected chi connectivity index (χ1v) is 12.0. The van der Waals surface area contributed by atoms with Gasteiger partial charge in [-0.05, 0) is 111 Å². The molecule has 0 aromatic heterocycles. The number of hydrogen-bond acceptors (Lipinski definition) is 3. The summed E-state index contributed by atoms with van der Waals surface area (Å²) in [6.07, 6.45) is 11.6. The summed E-state index contributed by atoms with van der Waals surface area (Å²) in [5.74, 6) is 3.95. The molecule has 0 spiro atoms. The van der Waals surface area contributed by atoms with Crippen LogP contribution in [0.15, 0.2) is 0 Å². The van der Waals surface area contributed by atoms with Crippen LogP contribution in [0.25, 0.3) is 0 Å². The topological polar surface area (TPSA) is 64.2 Å². The Hall–Kier alpha value is -0.590. The van der Waals surface area contributed by atoms with Crippen LogP contribution in [0.5, 0.6) is 0 Å². The molecule has 0 aliphatic heterocycles. The number of unbranched alkanes of at least 4 members (excludes halogenated alkanes) is 1. The number of fused-ring (bicyclic) bond motifs is 5. The third-order valence-corrected chi connectivity index (χ3v) is 10.4. The van der Waals surface area contributed by atoms with E-state index in [1.807, 2.05) is 0 Å². The molecule has 3 nitrogen and oxygen atoms in total. The van der Waals surface area contributed by atoms with Crippen molar-refractivity contribution in [2.24, 2.45) is 46.3 Å². The van der Waals surface area contributed by atoms with Crippen molar-refractivity contribution in [2.45, 2.75) is 104 Å². The maximum absolute atomic E-state index is 11.1. The number of nitriles is 1. The third-order valence-electron chi connectivity index (χ3n) is 10.4. The molecule has 4 saturated carbocycles. The monoisotopic (exact) mass is 387 g/mol. The van der Waals surface area contributed by atoms with E-state index in [1.165, 1.54) is 32.1 Å². The summed E-state index contributed by atoms with van der Waals surface area (Å²) in [4.78, 5) is 0. The summed E-state index contributed by atoms with van der Waals surface area (Å²) >= 11 is 0. The SMILES string of the molecule is C[C@H](CCCC#N)[C@H]1CC[C@H]2[C@@H]3C[C@H](O)[C@@H]4C[C@H](O)CC[C@]4(C)[C@H]3CC[C@]12C. The van der Waals surface area contributed by atoms with Crippen LogP contribution in [0.1, 0.15) is 91.4 Å². The van der Waals surface area contributed by atoms with Crippen LogP contribution in [0.4, 0.5) is 0 Å². The zero-order valence-corrected chi connectivity index (χ0v) is 18.2. The van der Waals surface area contributed by atoms with Gasteiger partial charge in [-0.25, -0.2) is 0 Å². The first-order valence-electron chi connectivity index (χ1n) is 12.0. The Morgan fingerprint density at radius 1 is 0.964 bits per heavy atom. The highest BCUT2D eigenvalue weighted by atomic mass is 16.3. The molecule has 28 heavy (non-hydrogen) atoms. The minimum Gasteiger partial charge on any atom is -0.393 e. The molecule has 4 fully saturated rings. The Bertz CT molecular complexity index is 614. The van der Waals surface area contributed by atoms with E-state index in [2.05, 4.69) is 26.8 Å². The van der Waals surface area contributed by atoms with Crippen LogP contribution in [-0.2, 0) is 0 Å². The third kappa shape index (κ3) is 3.14. The fraction of sp³-hybridized carbons (Fsp3) is 0.960. The second-order valence-electron chi connectivity index (χ2n) is 11.5. The molecule has 0 aromatic rings. The maximum atomic E-state index is 11.1. The molecule has 4 aliphatic carbocycles. The fourth-order valence-electron chi connectivity index (χ4n) is 8.96. The number of nitrogens with zero attached hydrogens (tertiary/aromatic N) is 1. The van der Waals surface area contributed by atoms with Gasteiger partial charge in [-0.1, -0.05) is 20.8 Å². The number of hydrogen-bond donors (Lipinski definition) is 2. The van der Waals surface area contributed by atoms with E-state index in [0.717, 1.165) is 49.9 Å². The smallest absolute Gasteiger partial charge is 0.0621 e. The Balaban J connectivity index is 1.53. The van der Waals surface area contributed by atoms with E-state index >= 15 is 0 Å². The predicted octanol–water partition coefficient (Wildman–Crippen LogP) is 5.31. The lowest BCUT2D eigenvalue weighted by Crippen LogP contribution is -2.58. The number of rotatable bonds is 4. The quantitative estimate of drug-likeness (QED) is 0.643. The molecule has 2 N–H and O–H groups in total. The van der Waals surface area contributed by atoms with Crippen molar-refractivity contribution >= 4 is 0 Å². The van der Waals surface area contributed by atoms with Crippen molar-refractivity contribution in [3.63, 3.8) is 0 Å². The van der Waals surface area contributed by atoms with E-state index in [0.29, 0.717) is 29.6 Å². The van der Waals surface area contributed by atoms with Crippen molar-refractivity contribution in [2.75, 3.05) is 0 Å². The van der Waals surface area contributed by atoms with Gasteiger partial charge in [-0.2, -0.15) is 5.26 Å². The highest BCUT2D eigenvalue weighted by molar-refractivity contribution is 5.11. The van der Waals surface area contributed by atoms with Crippen LogP contribution in [0, 0.1) is 57.7 Å². The molecule has 0 saturated heterocycles. The lowest BCUT2D eigenvalue weighted by Gasteiger charge is -2.62. The van der Waals surface area contributed by atoms with Gasteiger partial charge >= 0.3 is 0 Å². The zero-order chi connectivity index (χ0) is 20.1. The highest BCUT2D eigenvalue weighted by Gasteiger charge is 2.62. The van der Waals surface area contributed by atoms with Gasteiger partial charge in [-0.15, -0.1) is 0 Å². The summed E-state index contributed by atoms with van der Waals surface area (Å²) in [6.45, 7) is 7.44. The Morgan fingerprint density at radius 2 is 1.68 bits per heavy atom. The minimum absolute atomic E-state index is 0.205. The predicted molar refractivity (Wildman–Crippen MR) is 111 cm³/mol. The van der Waals surface area contributed by atoms with Gasteiger partial charge in [0.2, 0.25) is 0 Å². The summed E-state index contributed by atoms with van der Waals surface area (Å²) < 4.78 is 0. The van der Waals surface area contributed by atoms with Crippen molar-refractivity contribution in [1.82, 2.24) is 0 Å². The summed E-state index contributed by atoms with van der Waals surface area (Å²) in [6, 6.07) is 2.31. The van der Waals surface area contributed by atoms with Gasteiger partial charge in [0, 0.05) is 6.42 Å². The van der Waals surface area contributed by atoms with Crippen LogP contribution in [0.3, 0.4) is 0 Å². The Morgan fingerprint density at radius 3 is 2.43 bits per heavy atom. The second kappa shape index (κ2) is 7.59. The first-order chi connectivity index (χ1) is 13.3. The van der Waals surface area contributed by atoms with Crippen molar-refractivity contribution in [3.05, 3.63) is 0 Å². The van der Waals surface area contributed by atoms with E-state index in [4.69, 9.17) is 5.26 Å². The fourth-order valence-corrected chi connectivity index (χ4v) is 8.96. The zero-order valence-electron chi connectivity index (χ0n) is 18.2. The molecule has 0 aromatic carbocycles. The van der Waals surface area contributed by atoms with Crippen LogP contribution in [0.2, 0.25) is 0 Å². The molecular weight excluding hydrogens is 346 g/mol. The number of aliphatic hydroxyl groups excluding tert-OH is 2. The largest absolute Gasteiger partial charge is 0.393 e. The second-order valence-corrected chi connectivity index (χ2v) is 11.5. The first kappa shape index (κ1) is 20.7. The lowest BCUT2D eigenvalue weighted by molar-refractivity contribution is -0.172. The Kier molecular flexibility index (Phi) is 5.60. The molecule has 158 valence electrons. The molecule has 3 heteroatoms. The van der Waals surface area contributed by atoms with Crippen molar-refractivity contribution < 1.29 is 10.2 Å². The molecule has 4 aliphatic rings.